The highest BCUT2D eigenvalue weighted by Gasteiger charge is 2.16. The first-order chi connectivity index (χ1) is 6.47. The second-order valence-corrected chi connectivity index (χ2v) is 5.53. The van der Waals surface area contributed by atoms with Gasteiger partial charge in [0.05, 0.1) is 6.17 Å². The quantitative estimate of drug-likeness (QED) is 0.706. The average molecular weight is 199 g/mol. The van der Waals surface area contributed by atoms with Gasteiger partial charge in [-0.1, -0.05) is 20.8 Å². The van der Waals surface area contributed by atoms with Crippen LogP contribution in [0.1, 0.15) is 27.2 Å². The molecule has 0 radical (unpaired) electrons. The number of piperazine rings is 1. The van der Waals surface area contributed by atoms with Crippen LogP contribution in [0, 0.1) is 5.41 Å². The molecule has 84 valence electrons. The van der Waals surface area contributed by atoms with Crippen LogP contribution >= 0.6 is 0 Å². The topological polar surface area (TPSA) is 27.3 Å². The summed E-state index contributed by atoms with van der Waals surface area (Å²) in [5.41, 5.74) is 0.438. The Labute approximate surface area is 88.2 Å². The lowest BCUT2D eigenvalue weighted by molar-refractivity contribution is 0.209. The maximum Gasteiger partial charge on any atom is 0.0703 e. The average Bonchev–Trinajstić information content (AvgIpc) is 2.01. The van der Waals surface area contributed by atoms with Crippen molar-refractivity contribution < 1.29 is 0 Å². The third-order valence-corrected chi connectivity index (χ3v) is 2.64. The molecule has 0 aromatic heterocycles. The van der Waals surface area contributed by atoms with Crippen LogP contribution in [0.5, 0.6) is 0 Å². The van der Waals surface area contributed by atoms with Crippen LogP contribution in [0.2, 0.25) is 0 Å². The lowest BCUT2D eigenvalue weighted by atomic mass is 9.92. The molecule has 1 fully saturated rings. The minimum absolute atomic E-state index is 0.438. The maximum absolute atomic E-state index is 3.56. The number of nitrogens with zero attached hydrogens (tertiary/aromatic N) is 1. The molecule has 1 rings (SSSR count). The van der Waals surface area contributed by atoms with E-state index >= 15 is 0 Å². The van der Waals surface area contributed by atoms with Gasteiger partial charge in [0.2, 0.25) is 0 Å². The van der Waals surface area contributed by atoms with Gasteiger partial charge in [0.1, 0.15) is 0 Å². The van der Waals surface area contributed by atoms with E-state index in [1.807, 2.05) is 0 Å². The molecule has 0 aromatic rings. The molecule has 1 aliphatic rings. The Morgan fingerprint density at radius 1 is 1.43 bits per heavy atom. The van der Waals surface area contributed by atoms with Crippen LogP contribution in [0.3, 0.4) is 0 Å². The summed E-state index contributed by atoms with van der Waals surface area (Å²) in [7, 11) is 2.18. The van der Waals surface area contributed by atoms with Crippen molar-refractivity contribution in [3.63, 3.8) is 0 Å². The molecule has 1 atom stereocenters. The first-order valence-electron chi connectivity index (χ1n) is 5.63. The van der Waals surface area contributed by atoms with Gasteiger partial charge in [0.25, 0.3) is 0 Å². The van der Waals surface area contributed by atoms with Gasteiger partial charge in [-0.3, -0.25) is 5.32 Å². The Hall–Kier alpha value is -0.120. The Morgan fingerprint density at radius 2 is 2.14 bits per heavy atom. The summed E-state index contributed by atoms with van der Waals surface area (Å²) in [4.78, 5) is 2.37. The highest BCUT2D eigenvalue weighted by molar-refractivity contribution is 4.75. The van der Waals surface area contributed by atoms with E-state index in [1.165, 1.54) is 6.42 Å². The molecule has 14 heavy (non-hydrogen) atoms. The fraction of sp³-hybridized carbons (Fsp3) is 1.00. The molecule has 0 amide bonds. The van der Waals surface area contributed by atoms with Crippen molar-refractivity contribution >= 4 is 0 Å². The number of likely N-dealkylation sites (N-methyl/N-ethyl adjacent to an activating group) is 1. The first-order valence-corrected chi connectivity index (χ1v) is 5.63. The van der Waals surface area contributed by atoms with Crippen LogP contribution in [0.25, 0.3) is 0 Å². The molecule has 0 saturated carbocycles. The van der Waals surface area contributed by atoms with E-state index in [1.54, 1.807) is 0 Å². The SMILES string of the molecule is CN1CCNC(NCCC(C)(C)C)C1. The smallest absolute Gasteiger partial charge is 0.0703 e. The number of hydrogen-bond acceptors (Lipinski definition) is 3. The van der Waals surface area contributed by atoms with Crippen molar-refractivity contribution in [3.05, 3.63) is 0 Å². The van der Waals surface area contributed by atoms with Gasteiger partial charge in [0, 0.05) is 19.6 Å². The Morgan fingerprint density at radius 3 is 2.71 bits per heavy atom. The zero-order valence-electron chi connectivity index (χ0n) is 10.1. The molecular formula is C11H25N3. The second-order valence-electron chi connectivity index (χ2n) is 5.53. The molecular weight excluding hydrogens is 174 g/mol. The molecule has 1 aliphatic heterocycles. The third-order valence-electron chi connectivity index (χ3n) is 2.64. The number of rotatable bonds is 3. The van der Waals surface area contributed by atoms with E-state index in [9.17, 15) is 0 Å². The van der Waals surface area contributed by atoms with Crippen LogP contribution in [-0.4, -0.2) is 44.3 Å². The zero-order chi connectivity index (χ0) is 10.6. The van der Waals surface area contributed by atoms with Crippen molar-refractivity contribution in [2.24, 2.45) is 5.41 Å². The number of hydrogen-bond donors (Lipinski definition) is 2. The minimum Gasteiger partial charge on any atom is -0.302 e. The van der Waals surface area contributed by atoms with Crippen molar-refractivity contribution in [2.75, 3.05) is 33.2 Å². The maximum atomic E-state index is 3.56. The highest BCUT2D eigenvalue weighted by Crippen LogP contribution is 2.16. The van der Waals surface area contributed by atoms with Crippen molar-refractivity contribution in [1.29, 1.82) is 0 Å². The summed E-state index contributed by atoms with van der Waals surface area (Å²) in [6.07, 6.45) is 1.71. The Kier molecular flexibility index (Phi) is 4.35. The predicted octanol–water partition coefficient (Wildman–Crippen LogP) is 0.873. The van der Waals surface area contributed by atoms with E-state index in [4.69, 9.17) is 0 Å². The van der Waals surface area contributed by atoms with Gasteiger partial charge in [-0.2, -0.15) is 0 Å². The highest BCUT2D eigenvalue weighted by atomic mass is 15.3. The first kappa shape index (κ1) is 12.0. The molecule has 0 aliphatic carbocycles. The molecule has 1 heterocycles. The molecule has 3 heteroatoms. The fourth-order valence-corrected chi connectivity index (χ4v) is 1.66. The van der Waals surface area contributed by atoms with Gasteiger partial charge in [-0.25, -0.2) is 0 Å². The van der Waals surface area contributed by atoms with Gasteiger partial charge in [-0.15, -0.1) is 0 Å². The molecule has 0 spiro atoms. The molecule has 1 unspecified atom stereocenters. The summed E-state index contributed by atoms with van der Waals surface area (Å²) in [6, 6.07) is 0. The molecule has 3 nitrogen and oxygen atoms in total. The van der Waals surface area contributed by atoms with Crippen molar-refractivity contribution in [1.82, 2.24) is 15.5 Å². The van der Waals surface area contributed by atoms with E-state index in [0.29, 0.717) is 11.6 Å². The molecule has 2 N–H and O–H groups in total. The van der Waals surface area contributed by atoms with Crippen LogP contribution in [0.15, 0.2) is 0 Å². The van der Waals surface area contributed by atoms with E-state index in [-0.39, 0.29) is 0 Å². The van der Waals surface area contributed by atoms with E-state index < -0.39 is 0 Å². The second kappa shape index (κ2) is 5.10. The molecule has 1 saturated heterocycles. The third kappa shape index (κ3) is 4.94. The number of nitrogens with one attached hydrogen (secondary N) is 2. The standard InChI is InChI=1S/C11H25N3/c1-11(2,3)5-6-12-10-9-14(4)8-7-13-10/h10,12-13H,5-9H2,1-4H3. The summed E-state index contributed by atoms with van der Waals surface area (Å²) in [5, 5.41) is 7.04. The summed E-state index contributed by atoms with van der Waals surface area (Å²) in [5.74, 6) is 0. The monoisotopic (exact) mass is 199 g/mol. The predicted molar refractivity (Wildman–Crippen MR) is 61.4 cm³/mol. The zero-order valence-corrected chi connectivity index (χ0v) is 10.1. The minimum atomic E-state index is 0.438. The van der Waals surface area contributed by atoms with Crippen LogP contribution in [0.4, 0.5) is 0 Å². The van der Waals surface area contributed by atoms with E-state index in [2.05, 4.69) is 43.4 Å². The van der Waals surface area contributed by atoms with Gasteiger partial charge in [0.15, 0.2) is 0 Å². The van der Waals surface area contributed by atoms with Crippen LogP contribution in [-0.2, 0) is 0 Å². The summed E-state index contributed by atoms with van der Waals surface area (Å²) in [6.45, 7) is 11.3. The van der Waals surface area contributed by atoms with Crippen molar-refractivity contribution in [2.45, 2.75) is 33.4 Å². The largest absolute Gasteiger partial charge is 0.302 e. The fourth-order valence-electron chi connectivity index (χ4n) is 1.66. The Balaban J connectivity index is 2.12. The summed E-state index contributed by atoms with van der Waals surface area (Å²) >= 11 is 0. The Bertz CT molecular complexity index is 162. The lowest BCUT2D eigenvalue weighted by Gasteiger charge is -2.32. The summed E-state index contributed by atoms with van der Waals surface area (Å²) < 4.78 is 0. The van der Waals surface area contributed by atoms with E-state index in [0.717, 1.165) is 26.2 Å². The lowest BCUT2D eigenvalue weighted by Crippen LogP contribution is -2.56. The molecule has 0 aromatic carbocycles. The van der Waals surface area contributed by atoms with Gasteiger partial charge in [-0.05, 0) is 25.4 Å². The van der Waals surface area contributed by atoms with Gasteiger partial charge < -0.3 is 10.2 Å². The van der Waals surface area contributed by atoms with Crippen LogP contribution < -0.4 is 10.6 Å². The van der Waals surface area contributed by atoms with Gasteiger partial charge >= 0.3 is 0 Å². The van der Waals surface area contributed by atoms with Crippen molar-refractivity contribution in [3.8, 4) is 0 Å². The molecule has 0 bridgehead atoms. The normalized spacial score (nSPS) is 25.3.